The summed E-state index contributed by atoms with van der Waals surface area (Å²) in [6, 6.07) is 4.33. The van der Waals surface area contributed by atoms with Crippen molar-refractivity contribution in [3.05, 3.63) is 21.9 Å². The van der Waals surface area contributed by atoms with Gasteiger partial charge in [-0.2, -0.15) is 0 Å². The molecule has 5 heteroatoms. The number of piperazine rings is 1. The molecule has 2 heterocycles. The third-order valence-corrected chi connectivity index (χ3v) is 5.57. The molecule has 0 unspecified atom stereocenters. The molecule has 3 rings (SSSR count). The van der Waals surface area contributed by atoms with Gasteiger partial charge in [-0.25, -0.2) is 0 Å². The van der Waals surface area contributed by atoms with E-state index < -0.39 is 0 Å². The maximum absolute atomic E-state index is 12.5. The van der Waals surface area contributed by atoms with Gasteiger partial charge in [0.1, 0.15) is 0 Å². The lowest BCUT2D eigenvalue weighted by molar-refractivity contribution is -0.134. The summed E-state index contributed by atoms with van der Waals surface area (Å²) < 4.78 is 0. The monoisotopic (exact) mass is 308 g/mol. The molecule has 1 saturated heterocycles. The van der Waals surface area contributed by atoms with E-state index in [0.717, 1.165) is 32.6 Å². The van der Waals surface area contributed by atoms with Gasteiger partial charge in [-0.3, -0.25) is 9.69 Å². The average Bonchev–Trinajstić information content (AvgIpc) is 3.13. The van der Waals surface area contributed by atoms with Crippen molar-refractivity contribution >= 4 is 17.2 Å². The maximum Gasteiger partial charge on any atom is 0.226 e. The summed E-state index contributed by atoms with van der Waals surface area (Å²) in [5.74, 6) is 1.01. The minimum atomic E-state index is -0.290. The van der Waals surface area contributed by atoms with Crippen LogP contribution in [0.1, 0.15) is 29.0 Å². The van der Waals surface area contributed by atoms with Crippen LogP contribution in [0.25, 0.3) is 0 Å². The molecule has 21 heavy (non-hydrogen) atoms. The van der Waals surface area contributed by atoms with E-state index in [-0.39, 0.29) is 12.0 Å². The van der Waals surface area contributed by atoms with E-state index in [2.05, 4.69) is 24.0 Å². The van der Waals surface area contributed by atoms with Crippen molar-refractivity contribution in [3.63, 3.8) is 0 Å². The van der Waals surface area contributed by atoms with E-state index in [1.807, 2.05) is 23.2 Å². The third kappa shape index (κ3) is 3.47. The molecule has 1 aromatic rings. The Kier molecular flexibility index (Phi) is 4.33. The molecule has 116 valence electrons. The van der Waals surface area contributed by atoms with Crippen LogP contribution in [0.15, 0.2) is 12.1 Å². The number of hydrogen-bond acceptors (Lipinski definition) is 4. The number of rotatable bonds is 4. The lowest BCUT2D eigenvalue weighted by Gasteiger charge is -2.35. The Hall–Kier alpha value is -0.910. The predicted molar refractivity (Wildman–Crippen MR) is 84.6 cm³/mol. The summed E-state index contributed by atoms with van der Waals surface area (Å²) in [4.78, 5) is 19.5. The first kappa shape index (κ1) is 15.0. The van der Waals surface area contributed by atoms with Crippen molar-refractivity contribution in [2.75, 3.05) is 32.7 Å². The summed E-state index contributed by atoms with van der Waals surface area (Å²) >= 11 is 1.83. The van der Waals surface area contributed by atoms with Gasteiger partial charge in [0.2, 0.25) is 5.91 Å². The summed E-state index contributed by atoms with van der Waals surface area (Å²) in [7, 11) is 0. The molecule has 1 aliphatic carbocycles. The number of β-amino-alcohol motifs (C(OH)–C–C–N with tert-alkyl or cyclic N) is 1. The zero-order chi connectivity index (χ0) is 15.0. The summed E-state index contributed by atoms with van der Waals surface area (Å²) in [5.41, 5.74) is 0. The number of hydrogen-bond donors (Lipinski definition) is 1. The summed E-state index contributed by atoms with van der Waals surface area (Å²) in [6.45, 7) is 8.02. The number of carbonyl (C=O) groups is 1. The lowest BCUT2D eigenvalue weighted by Crippen LogP contribution is -2.50. The Morgan fingerprint density at radius 2 is 2.10 bits per heavy atom. The smallest absolute Gasteiger partial charge is 0.226 e. The number of aliphatic hydroxyl groups excluding tert-OH is 1. The minimum absolute atomic E-state index is 0.214. The average molecular weight is 308 g/mol. The molecular formula is C16H24N2O2S. The number of carbonyl (C=O) groups excluding carboxylic acids is 1. The number of amides is 1. The van der Waals surface area contributed by atoms with Gasteiger partial charge >= 0.3 is 0 Å². The van der Waals surface area contributed by atoms with Gasteiger partial charge < -0.3 is 10.0 Å². The van der Waals surface area contributed by atoms with Crippen LogP contribution in [0.4, 0.5) is 0 Å². The van der Waals surface area contributed by atoms with E-state index in [1.165, 1.54) is 9.75 Å². The van der Waals surface area contributed by atoms with Gasteiger partial charge in [0.25, 0.3) is 0 Å². The summed E-state index contributed by atoms with van der Waals surface area (Å²) in [5, 5.41) is 9.42. The van der Waals surface area contributed by atoms with Gasteiger partial charge in [0, 0.05) is 54.3 Å². The molecule has 1 aromatic heterocycles. The minimum Gasteiger partial charge on any atom is -0.392 e. The third-order valence-electron chi connectivity index (χ3n) is 4.44. The van der Waals surface area contributed by atoms with Gasteiger partial charge in [-0.1, -0.05) is 0 Å². The predicted octanol–water partition coefficient (Wildman–Crippen LogP) is 1.69. The van der Waals surface area contributed by atoms with Gasteiger partial charge in [-0.05, 0) is 32.4 Å². The molecule has 0 spiro atoms. The second-order valence-electron chi connectivity index (χ2n) is 6.37. The first-order chi connectivity index (χ1) is 10.0. The van der Waals surface area contributed by atoms with Crippen LogP contribution in [0.5, 0.6) is 0 Å². The van der Waals surface area contributed by atoms with Gasteiger partial charge in [0.05, 0.1) is 6.10 Å². The summed E-state index contributed by atoms with van der Waals surface area (Å²) in [6.07, 6.45) is 0.731. The second kappa shape index (κ2) is 6.07. The highest BCUT2D eigenvalue weighted by atomic mass is 32.1. The normalized spacial score (nSPS) is 27.7. The standard InChI is InChI=1S/C16H24N2O2S/c1-11(19)10-17-5-7-18(8-6-17)16(20)14-9-13(14)15-4-3-12(2)21-15/h3-4,11,13-14,19H,5-10H2,1-2H3/t11-,13+,14+/m0/s1. The number of nitrogens with zero attached hydrogens (tertiary/aromatic N) is 2. The van der Waals surface area contributed by atoms with E-state index in [4.69, 9.17) is 0 Å². The molecule has 1 N–H and O–H groups in total. The fourth-order valence-corrected chi connectivity index (χ4v) is 4.25. The largest absolute Gasteiger partial charge is 0.392 e. The molecule has 2 aliphatic rings. The quantitative estimate of drug-likeness (QED) is 0.920. The first-order valence-corrected chi connectivity index (χ1v) is 8.62. The zero-order valence-corrected chi connectivity index (χ0v) is 13.6. The fraction of sp³-hybridized carbons (Fsp3) is 0.688. The molecule has 1 saturated carbocycles. The Morgan fingerprint density at radius 3 is 2.67 bits per heavy atom. The van der Waals surface area contributed by atoms with Crippen molar-refractivity contribution in [3.8, 4) is 0 Å². The van der Waals surface area contributed by atoms with Crippen LogP contribution < -0.4 is 0 Å². The Labute approximate surface area is 130 Å². The molecule has 0 radical (unpaired) electrons. The molecule has 0 bridgehead atoms. The molecule has 2 fully saturated rings. The van der Waals surface area contributed by atoms with Crippen LogP contribution in [-0.4, -0.2) is 59.6 Å². The SMILES string of the molecule is Cc1ccc([C@@H]2C[C@H]2C(=O)N2CCN(C[C@H](C)O)CC2)s1. The maximum atomic E-state index is 12.5. The highest BCUT2D eigenvalue weighted by molar-refractivity contribution is 7.12. The van der Waals surface area contributed by atoms with Crippen molar-refractivity contribution < 1.29 is 9.90 Å². The molecule has 1 amide bonds. The fourth-order valence-electron chi connectivity index (χ4n) is 3.19. The lowest BCUT2D eigenvalue weighted by atomic mass is 10.2. The number of aliphatic hydroxyl groups is 1. The zero-order valence-electron chi connectivity index (χ0n) is 12.8. The molecule has 3 atom stereocenters. The van der Waals surface area contributed by atoms with E-state index in [0.29, 0.717) is 18.4 Å². The van der Waals surface area contributed by atoms with Crippen molar-refractivity contribution in [2.24, 2.45) is 5.92 Å². The van der Waals surface area contributed by atoms with Crippen molar-refractivity contribution in [1.82, 2.24) is 9.80 Å². The number of aryl methyl sites for hydroxylation is 1. The first-order valence-electron chi connectivity index (χ1n) is 7.80. The van der Waals surface area contributed by atoms with Crippen LogP contribution in [0.3, 0.4) is 0 Å². The van der Waals surface area contributed by atoms with Crippen LogP contribution in [-0.2, 0) is 4.79 Å². The van der Waals surface area contributed by atoms with E-state index >= 15 is 0 Å². The Bertz CT molecular complexity index is 506. The molecule has 0 aromatic carbocycles. The topological polar surface area (TPSA) is 43.8 Å². The molecule has 4 nitrogen and oxygen atoms in total. The highest BCUT2D eigenvalue weighted by Gasteiger charge is 2.46. The Morgan fingerprint density at radius 1 is 1.38 bits per heavy atom. The van der Waals surface area contributed by atoms with Crippen molar-refractivity contribution in [2.45, 2.75) is 32.3 Å². The Balaban J connectivity index is 1.49. The van der Waals surface area contributed by atoms with Crippen LogP contribution in [0.2, 0.25) is 0 Å². The van der Waals surface area contributed by atoms with Gasteiger partial charge in [-0.15, -0.1) is 11.3 Å². The number of thiophene rings is 1. The molecular weight excluding hydrogens is 284 g/mol. The highest BCUT2D eigenvalue weighted by Crippen LogP contribution is 2.50. The van der Waals surface area contributed by atoms with Crippen LogP contribution in [0, 0.1) is 12.8 Å². The second-order valence-corrected chi connectivity index (χ2v) is 7.69. The van der Waals surface area contributed by atoms with Crippen molar-refractivity contribution in [1.29, 1.82) is 0 Å². The van der Waals surface area contributed by atoms with E-state index in [9.17, 15) is 9.90 Å². The van der Waals surface area contributed by atoms with Crippen LogP contribution >= 0.6 is 11.3 Å². The molecule has 1 aliphatic heterocycles. The van der Waals surface area contributed by atoms with E-state index in [1.54, 1.807) is 0 Å². The van der Waals surface area contributed by atoms with Gasteiger partial charge in [0.15, 0.2) is 0 Å².